The molecule has 0 bridgehead atoms. The number of nitrogen functional groups attached to an aromatic ring is 1. The lowest BCUT2D eigenvalue weighted by atomic mass is 10.2. The molecule has 1 aliphatic rings. The third-order valence-corrected chi connectivity index (χ3v) is 5.28. The van der Waals surface area contributed by atoms with Gasteiger partial charge in [-0.2, -0.15) is 4.37 Å². The largest absolute Gasteiger partial charge is 0.382 e. The molecule has 0 aromatic carbocycles. The lowest BCUT2D eigenvalue weighted by Crippen LogP contribution is -2.32. The summed E-state index contributed by atoms with van der Waals surface area (Å²) in [7, 11) is 0. The van der Waals surface area contributed by atoms with Gasteiger partial charge in [-0.1, -0.05) is 0 Å². The number of aryl methyl sites for hydroxylation is 1. The van der Waals surface area contributed by atoms with Crippen molar-refractivity contribution in [2.45, 2.75) is 39.7 Å². The molecular formula is C14H20N4S2. The molecule has 2 N–H and O–H groups in total. The van der Waals surface area contributed by atoms with Gasteiger partial charge in [0.15, 0.2) is 0 Å². The van der Waals surface area contributed by atoms with E-state index in [0.717, 1.165) is 28.7 Å². The van der Waals surface area contributed by atoms with E-state index in [0.29, 0.717) is 11.9 Å². The van der Waals surface area contributed by atoms with Crippen molar-refractivity contribution in [1.82, 2.24) is 9.36 Å². The Morgan fingerprint density at radius 1 is 1.45 bits per heavy atom. The van der Waals surface area contributed by atoms with Crippen LogP contribution in [0, 0.1) is 12.8 Å². The molecule has 2 heterocycles. The number of anilines is 2. The molecule has 108 valence electrons. The van der Waals surface area contributed by atoms with Crippen molar-refractivity contribution < 1.29 is 0 Å². The molecule has 1 saturated carbocycles. The van der Waals surface area contributed by atoms with Crippen molar-refractivity contribution in [3.8, 4) is 11.3 Å². The van der Waals surface area contributed by atoms with Crippen LogP contribution < -0.4 is 10.6 Å². The Labute approximate surface area is 127 Å². The van der Waals surface area contributed by atoms with Gasteiger partial charge >= 0.3 is 0 Å². The minimum Gasteiger partial charge on any atom is -0.382 e. The van der Waals surface area contributed by atoms with Gasteiger partial charge in [0.05, 0.1) is 16.3 Å². The molecule has 0 aliphatic heterocycles. The molecule has 0 radical (unpaired) electrons. The molecule has 20 heavy (non-hydrogen) atoms. The second-order valence-corrected chi connectivity index (χ2v) is 7.50. The van der Waals surface area contributed by atoms with Crippen LogP contribution in [-0.4, -0.2) is 21.9 Å². The lowest BCUT2D eigenvalue weighted by Gasteiger charge is -2.28. The van der Waals surface area contributed by atoms with E-state index in [2.05, 4.69) is 33.5 Å². The standard InChI is InChI=1S/C14H20N4S2/c1-8(2)18(6-10-4-5-10)14-12(13(15)17-20-14)11-7-19-9(3)16-11/h7-8,10H,4-6H2,1-3H3,(H2,15,17). The van der Waals surface area contributed by atoms with Gasteiger partial charge in [-0.05, 0) is 51.1 Å². The summed E-state index contributed by atoms with van der Waals surface area (Å²) >= 11 is 3.16. The fraction of sp³-hybridized carbons (Fsp3) is 0.571. The summed E-state index contributed by atoms with van der Waals surface area (Å²) in [6.07, 6.45) is 2.70. The fourth-order valence-corrected chi connectivity index (χ4v) is 3.89. The topological polar surface area (TPSA) is 55.0 Å². The number of thiazole rings is 1. The van der Waals surface area contributed by atoms with E-state index in [1.54, 1.807) is 11.3 Å². The highest BCUT2D eigenvalue weighted by Gasteiger charge is 2.29. The van der Waals surface area contributed by atoms with E-state index >= 15 is 0 Å². The smallest absolute Gasteiger partial charge is 0.148 e. The van der Waals surface area contributed by atoms with Crippen LogP contribution in [0.5, 0.6) is 0 Å². The highest BCUT2D eigenvalue weighted by atomic mass is 32.1. The summed E-state index contributed by atoms with van der Waals surface area (Å²) in [4.78, 5) is 7.03. The number of hydrogen-bond acceptors (Lipinski definition) is 6. The first-order valence-corrected chi connectivity index (χ1v) is 8.66. The van der Waals surface area contributed by atoms with E-state index in [9.17, 15) is 0 Å². The van der Waals surface area contributed by atoms with Crippen molar-refractivity contribution in [1.29, 1.82) is 0 Å². The number of nitrogens with zero attached hydrogens (tertiary/aromatic N) is 3. The van der Waals surface area contributed by atoms with Gasteiger partial charge in [-0.3, -0.25) is 0 Å². The summed E-state index contributed by atoms with van der Waals surface area (Å²) in [5, 5.41) is 4.32. The Balaban J connectivity index is 1.99. The Hall–Kier alpha value is -1.14. The summed E-state index contributed by atoms with van der Waals surface area (Å²) in [6.45, 7) is 7.59. The zero-order valence-electron chi connectivity index (χ0n) is 12.1. The zero-order valence-corrected chi connectivity index (χ0v) is 13.7. The molecule has 0 spiro atoms. The predicted molar refractivity (Wildman–Crippen MR) is 87.6 cm³/mol. The van der Waals surface area contributed by atoms with Gasteiger partial charge in [0.25, 0.3) is 0 Å². The molecular weight excluding hydrogens is 288 g/mol. The molecule has 1 aliphatic carbocycles. The second kappa shape index (κ2) is 5.33. The summed E-state index contributed by atoms with van der Waals surface area (Å²) in [5.41, 5.74) is 8.09. The number of aromatic nitrogens is 2. The SMILES string of the molecule is Cc1nc(-c2c(N)nsc2N(CC2CC2)C(C)C)cs1. The molecule has 2 aromatic heterocycles. The Morgan fingerprint density at radius 3 is 2.75 bits per heavy atom. The number of rotatable bonds is 5. The molecule has 0 unspecified atom stereocenters. The molecule has 3 rings (SSSR count). The first-order valence-electron chi connectivity index (χ1n) is 7.00. The second-order valence-electron chi connectivity index (χ2n) is 5.69. The van der Waals surface area contributed by atoms with Crippen molar-refractivity contribution in [3.63, 3.8) is 0 Å². The average molecular weight is 308 g/mol. The van der Waals surface area contributed by atoms with Gasteiger partial charge < -0.3 is 10.6 Å². The van der Waals surface area contributed by atoms with Gasteiger partial charge in [0.1, 0.15) is 10.8 Å². The normalized spacial score (nSPS) is 15.0. The molecule has 1 fully saturated rings. The van der Waals surface area contributed by atoms with Crippen LogP contribution in [0.4, 0.5) is 10.8 Å². The van der Waals surface area contributed by atoms with Crippen LogP contribution in [0.2, 0.25) is 0 Å². The molecule has 0 saturated heterocycles. The van der Waals surface area contributed by atoms with E-state index < -0.39 is 0 Å². The number of hydrogen-bond donors (Lipinski definition) is 1. The first-order chi connectivity index (χ1) is 9.56. The number of nitrogens with two attached hydrogens (primary N) is 1. The van der Waals surface area contributed by atoms with Gasteiger partial charge in [-0.25, -0.2) is 4.98 Å². The van der Waals surface area contributed by atoms with E-state index in [-0.39, 0.29) is 0 Å². The summed E-state index contributed by atoms with van der Waals surface area (Å²) in [5.74, 6) is 1.45. The summed E-state index contributed by atoms with van der Waals surface area (Å²) in [6, 6.07) is 0.453. The van der Waals surface area contributed by atoms with Crippen molar-refractivity contribution >= 4 is 33.7 Å². The van der Waals surface area contributed by atoms with E-state index in [1.165, 1.54) is 29.4 Å². The minimum absolute atomic E-state index is 0.453. The van der Waals surface area contributed by atoms with Crippen LogP contribution in [-0.2, 0) is 0 Å². The van der Waals surface area contributed by atoms with Crippen LogP contribution in [0.1, 0.15) is 31.7 Å². The minimum atomic E-state index is 0.453. The highest BCUT2D eigenvalue weighted by Crippen LogP contribution is 2.42. The van der Waals surface area contributed by atoms with Crippen molar-refractivity contribution in [3.05, 3.63) is 10.4 Å². The molecule has 2 aromatic rings. The third-order valence-electron chi connectivity index (χ3n) is 3.61. The lowest BCUT2D eigenvalue weighted by molar-refractivity contribution is 0.650. The average Bonchev–Trinajstić information content (AvgIpc) is 3.00. The molecule has 4 nitrogen and oxygen atoms in total. The Kier molecular flexibility index (Phi) is 3.69. The fourth-order valence-electron chi connectivity index (χ4n) is 2.32. The summed E-state index contributed by atoms with van der Waals surface area (Å²) < 4.78 is 4.38. The van der Waals surface area contributed by atoms with E-state index in [4.69, 9.17) is 5.73 Å². The third kappa shape index (κ3) is 2.67. The van der Waals surface area contributed by atoms with Gasteiger partial charge in [-0.15, -0.1) is 11.3 Å². The predicted octanol–water partition coefficient (Wildman–Crippen LogP) is 3.78. The van der Waals surface area contributed by atoms with Crippen molar-refractivity contribution in [2.75, 3.05) is 17.2 Å². The maximum absolute atomic E-state index is 6.10. The van der Waals surface area contributed by atoms with E-state index in [1.807, 2.05) is 6.92 Å². The maximum atomic E-state index is 6.10. The Morgan fingerprint density at radius 2 is 2.20 bits per heavy atom. The van der Waals surface area contributed by atoms with Crippen LogP contribution in [0.3, 0.4) is 0 Å². The monoisotopic (exact) mass is 308 g/mol. The molecule has 6 heteroatoms. The van der Waals surface area contributed by atoms with Crippen LogP contribution in [0.25, 0.3) is 11.3 Å². The molecule has 0 atom stereocenters. The quantitative estimate of drug-likeness (QED) is 0.913. The van der Waals surface area contributed by atoms with Gasteiger partial charge in [0, 0.05) is 18.0 Å². The first kappa shape index (κ1) is 13.8. The maximum Gasteiger partial charge on any atom is 0.148 e. The highest BCUT2D eigenvalue weighted by molar-refractivity contribution is 7.11. The van der Waals surface area contributed by atoms with Crippen LogP contribution >= 0.6 is 22.9 Å². The van der Waals surface area contributed by atoms with Gasteiger partial charge in [0.2, 0.25) is 0 Å². The zero-order chi connectivity index (χ0) is 14.3. The Bertz CT molecular complexity index is 598. The van der Waals surface area contributed by atoms with Crippen LogP contribution in [0.15, 0.2) is 5.38 Å². The molecule has 0 amide bonds. The van der Waals surface area contributed by atoms with Crippen molar-refractivity contribution in [2.24, 2.45) is 5.92 Å².